The van der Waals surface area contributed by atoms with E-state index < -0.39 is 0 Å². The first-order chi connectivity index (χ1) is 10.1. The fourth-order valence-corrected chi connectivity index (χ4v) is 2.23. The van der Waals surface area contributed by atoms with Crippen molar-refractivity contribution in [3.8, 4) is 17.0 Å². The molecule has 0 atom stereocenters. The van der Waals surface area contributed by atoms with Crippen LogP contribution in [0.1, 0.15) is 11.4 Å². The number of hydrogen-bond donors (Lipinski definition) is 1. The molecule has 0 saturated heterocycles. The van der Waals surface area contributed by atoms with Gasteiger partial charge in [-0.1, -0.05) is 0 Å². The Bertz CT molecular complexity index is 886. The average Bonchev–Trinajstić information content (AvgIpc) is 2.48. The third-order valence-electron chi connectivity index (χ3n) is 3.32. The van der Waals surface area contributed by atoms with Gasteiger partial charge in [-0.2, -0.15) is 0 Å². The minimum absolute atomic E-state index is 0.225. The summed E-state index contributed by atoms with van der Waals surface area (Å²) < 4.78 is 5.12. The minimum Gasteiger partial charge on any atom is -0.481 e. The first-order valence-corrected chi connectivity index (χ1v) is 6.48. The Morgan fingerprint density at radius 3 is 2.57 bits per heavy atom. The molecule has 3 rings (SSSR count). The molecule has 0 aliphatic carbocycles. The van der Waals surface area contributed by atoms with Gasteiger partial charge in [-0.15, -0.1) is 0 Å². The van der Waals surface area contributed by atoms with Gasteiger partial charge < -0.3 is 9.72 Å². The smallest absolute Gasteiger partial charge is 0.270 e. The molecular weight excluding hydrogens is 268 g/mol. The maximum absolute atomic E-state index is 11.6. The molecule has 6 nitrogen and oxygen atoms in total. The van der Waals surface area contributed by atoms with Crippen molar-refractivity contribution < 1.29 is 4.74 Å². The van der Waals surface area contributed by atoms with Gasteiger partial charge in [-0.25, -0.2) is 15.0 Å². The normalized spacial score (nSPS) is 10.8. The maximum atomic E-state index is 11.6. The van der Waals surface area contributed by atoms with E-state index in [4.69, 9.17) is 4.74 Å². The molecule has 1 N–H and O–H groups in total. The van der Waals surface area contributed by atoms with Gasteiger partial charge in [0.15, 0.2) is 5.65 Å². The van der Waals surface area contributed by atoms with Crippen molar-refractivity contribution in [2.45, 2.75) is 13.8 Å². The van der Waals surface area contributed by atoms with E-state index in [1.807, 2.05) is 19.1 Å². The number of methoxy groups -OCH3 is 1. The lowest BCUT2D eigenvalue weighted by Gasteiger charge is -2.09. The van der Waals surface area contributed by atoms with Crippen molar-refractivity contribution >= 4 is 11.2 Å². The zero-order valence-corrected chi connectivity index (χ0v) is 12.0. The fourth-order valence-electron chi connectivity index (χ4n) is 2.23. The zero-order valence-electron chi connectivity index (χ0n) is 12.0. The molecule has 0 amide bonds. The Kier molecular flexibility index (Phi) is 3.13. The van der Waals surface area contributed by atoms with Gasteiger partial charge in [0, 0.05) is 29.1 Å². The Morgan fingerprint density at radius 2 is 1.86 bits per heavy atom. The molecule has 21 heavy (non-hydrogen) atoms. The minimum atomic E-state index is -0.225. The number of ether oxygens (including phenoxy) is 1. The molecule has 106 valence electrons. The van der Waals surface area contributed by atoms with Crippen molar-refractivity contribution in [1.29, 1.82) is 0 Å². The third kappa shape index (κ3) is 2.24. The van der Waals surface area contributed by atoms with E-state index in [9.17, 15) is 4.79 Å². The summed E-state index contributed by atoms with van der Waals surface area (Å²) in [7, 11) is 1.58. The van der Waals surface area contributed by atoms with Gasteiger partial charge >= 0.3 is 0 Å². The van der Waals surface area contributed by atoms with Crippen LogP contribution < -0.4 is 10.3 Å². The standard InChI is InChI=1S/C15H14N4O2/c1-8-10(4-5-12(17-8)21-3)11-6-7-16-14-13(11)18-9(2)15(20)19-14/h4-7H,1-3H3,(H,16,19,20). The van der Waals surface area contributed by atoms with E-state index in [1.54, 1.807) is 26.3 Å². The Balaban J connectivity index is 2.30. The number of nitrogens with zero attached hydrogens (tertiary/aromatic N) is 3. The van der Waals surface area contributed by atoms with Crippen molar-refractivity contribution in [2.75, 3.05) is 7.11 Å². The highest BCUT2D eigenvalue weighted by molar-refractivity contribution is 5.89. The summed E-state index contributed by atoms with van der Waals surface area (Å²) in [6.45, 7) is 3.58. The highest BCUT2D eigenvalue weighted by Gasteiger charge is 2.11. The predicted molar refractivity (Wildman–Crippen MR) is 79.4 cm³/mol. The molecule has 6 heteroatoms. The molecule has 0 bridgehead atoms. The number of aromatic amines is 1. The summed E-state index contributed by atoms with van der Waals surface area (Å²) in [6, 6.07) is 5.59. The van der Waals surface area contributed by atoms with Crippen LogP contribution in [0.15, 0.2) is 29.2 Å². The molecule has 0 aromatic carbocycles. The summed E-state index contributed by atoms with van der Waals surface area (Å²) in [5.74, 6) is 0.562. The van der Waals surface area contributed by atoms with Gasteiger partial charge in [0.1, 0.15) is 11.2 Å². The van der Waals surface area contributed by atoms with Gasteiger partial charge in [-0.3, -0.25) is 4.79 Å². The van der Waals surface area contributed by atoms with Crippen molar-refractivity contribution in [3.05, 3.63) is 46.1 Å². The van der Waals surface area contributed by atoms with E-state index in [2.05, 4.69) is 19.9 Å². The SMILES string of the molecule is COc1ccc(-c2ccnc3[nH]c(=O)c(C)nc23)c(C)n1. The van der Waals surface area contributed by atoms with Crippen LogP contribution in [0, 0.1) is 13.8 Å². The van der Waals surface area contributed by atoms with E-state index in [1.165, 1.54) is 0 Å². The summed E-state index contributed by atoms with van der Waals surface area (Å²) >= 11 is 0. The van der Waals surface area contributed by atoms with Crippen LogP contribution in [0.5, 0.6) is 5.88 Å². The van der Waals surface area contributed by atoms with E-state index >= 15 is 0 Å². The van der Waals surface area contributed by atoms with Gasteiger partial charge in [-0.05, 0) is 26.0 Å². The predicted octanol–water partition coefficient (Wildman–Crippen LogP) is 2.01. The quantitative estimate of drug-likeness (QED) is 0.777. The lowest BCUT2D eigenvalue weighted by molar-refractivity contribution is 0.397. The zero-order chi connectivity index (χ0) is 15.0. The fraction of sp³-hybridized carbons (Fsp3) is 0.200. The number of aromatic nitrogens is 4. The Morgan fingerprint density at radius 1 is 1.05 bits per heavy atom. The highest BCUT2D eigenvalue weighted by Crippen LogP contribution is 2.28. The van der Waals surface area contributed by atoms with E-state index in [0.29, 0.717) is 22.7 Å². The third-order valence-corrected chi connectivity index (χ3v) is 3.32. The number of nitrogens with one attached hydrogen (secondary N) is 1. The number of fused-ring (bicyclic) bond motifs is 1. The largest absolute Gasteiger partial charge is 0.481 e. The monoisotopic (exact) mass is 282 g/mol. The molecule has 0 aliphatic rings. The molecule has 0 radical (unpaired) electrons. The van der Waals surface area contributed by atoms with Crippen LogP contribution in [0.4, 0.5) is 0 Å². The van der Waals surface area contributed by atoms with E-state index in [-0.39, 0.29) is 5.56 Å². The van der Waals surface area contributed by atoms with Crippen molar-refractivity contribution in [1.82, 2.24) is 19.9 Å². The highest BCUT2D eigenvalue weighted by atomic mass is 16.5. The maximum Gasteiger partial charge on any atom is 0.270 e. The Labute approximate surface area is 120 Å². The lowest BCUT2D eigenvalue weighted by Crippen LogP contribution is -2.12. The molecule has 0 aliphatic heterocycles. The molecular formula is C15H14N4O2. The molecule has 3 aromatic rings. The summed E-state index contributed by atoms with van der Waals surface area (Å²) in [6.07, 6.45) is 1.65. The molecule has 0 fully saturated rings. The van der Waals surface area contributed by atoms with Crippen molar-refractivity contribution in [3.63, 3.8) is 0 Å². The second kappa shape index (κ2) is 4.97. The molecule has 0 spiro atoms. The van der Waals surface area contributed by atoms with Gasteiger partial charge in [0.25, 0.3) is 5.56 Å². The van der Waals surface area contributed by atoms with Crippen LogP contribution in [-0.2, 0) is 0 Å². The number of rotatable bonds is 2. The van der Waals surface area contributed by atoms with Gasteiger partial charge in [0.2, 0.25) is 5.88 Å². The summed E-state index contributed by atoms with van der Waals surface area (Å²) in [5, 5.41) is 0. The Hall–Kier alpha value is -2.76. The second-order valence-corrected chi connectivity index (χ2v) is 4.69. The topological polar surface area (TPSA) is 80.8 Å². The molecule has 3 aromatic heterocycles. The van der Waals surface area contributed by atoms with E-state index in [0.717, 1.165) is 16.8 Å². The average molecular weight is 282 g/mol. The van der Waals surface area contributed by atoms with Crippen LogP contribution in [0.3, 0.4) is 0 Å². The van der Waals surface area contributed by atoms with Crippen LogP contribution in [-0.4, -0.2) is 27.0 Å². The number of hydrogen-bond acceptors (Lipinski definition) is 5. The number of pyridine rings is 2. The first-order valence-electron chi connectivity index (χ1n) is 6.48. The molecule has 3 heterocycles. The lowest BCUT2D eigenvalue weighted by atomic mass is 10.0. The van der Waals surface area contributed by atoms with Crippen molar-refractivity contribution in [2.24, 2.45) is 0 Å². The van der Waals surface area contributed by atoms with Gasteiger partial charge in [0.05, 0.1) is 7.11 Å². The molecule has 0 saturated carbocycles. The molecule has 0 unspecified atom stereocenters. The van der Waals surface area contributed by atoms with Crippen LogP contribution >= 0.6 is 0 Å². The summed E-state index contributed by atoms with van der Waals surface area (Å²) in [4.78, 5) is 27.3. The first kappa shape index (κ1) is 13.2. The van der Waals surface area contributed by atoms with Crippen LogP contribution in [0.2, 0.25) is 0 Å². The van der Waals surface area contributed by atoms with Crippen LogP contribution in [0.25, 0.3) is 22.3 Å². The number of H-pyrrole nitrogens is 1. The second-order valence-electron chi connectivity index (χ2n) is 4.69. The number of aryl methyl sites for hydroxylation is 2. The summed E-state index contributed by atoms with van der Waals surface area (Å²) in [5.41, 5.74) is 3.96.